The molecule has 40 heavy (non-hydrogen) atoms. The Morgan fingerprint density at radius 2 is 1.93 bits per heavy atom. The van der Waals surface area contributed by atoms with Crippen LogP contribution in [0.25, 0.3) is 0 Å². The molecule has 220 valence electrons. The molecule has 1 aliphatic carbocycles. The predicted octanol–water partition coefficient (Wildman–Crippen LogP) is 4.42. The lowest BCUT2D eigenvalue weighted by Gasteiger charge is -2.41. The Morgan fingerprint density at radius 3 is 2.50 bits per heavy atom. The molecule has 1 aromatic carbocycles. The normalized spacial score (nSPS) is 23.5. The minimum absolute atomic E-state index is 0.0989. The van der Waals surface area contributed by atoms with E-state index in [1.807, 2.05) is 0 Å². The number of amides is 1. The molecule has 0 spiro atoms. The minimum Gasteiger partial charge on any atom is -0.446 e. The van der Waals surface area contributed by atoms with Crippen molar-refractivity contribution in [3.63, 3.8) is 0 Å². The van der Waals surface area contributed by atoms with E-state index in [4.69, 9.17) is 4.74 Å². The van der Waals surface area contributed by atoms with Crippen LogP contribution in [-0.2, 0) is 16.0 Å². The molecule has 2 unspecified atom stereocenters. The van der Waals surface area contributed by atoms with Gasteiger partial charge in [0.05, 0.1) is 12.0 Å². The maximum Gasteiger partial charge on any atom is 0.475 e. The summed E-state index contributed by atoms with van der Waals surface area (Å²) in [5.74, 6) is -1.82. The van der Waals surface area contributed by atoms with Crippen LogP contribution in [0.15, 0.2) is 24.3 Å². The highest BCUT2D eigenvalue weighted by Crippen LogP contribution is 2.41. The highest BCUT2D eigenvalue weighted by molar-refractivity contribution is 6.43. The molecule has 2 fully saturated rings. The zero-order valence-electron chi connectivity index (χ0n) is 24.6. The molecule has 2 aliphatic rings. The molecule has 1 saturated heterocycles. The molecule has 8 nitrogen and oxygen atoms in total. The van der Waals surface area contributed by atoms with E-state index >= 15 is 0 Å². The fraction of sp³-hybridized carbons (Fsp3) is 0.700. The number of hydrogen-bond donors (Lipinski definition) is 3. The zero-order valence-corrected chi connectivity index (χ0v) is 24.6. The fourth-order valence-corrected chi connectivity index (χ4v) is 6.33. The second kappa shape index (κ2) is 13.0. The number of ketones is 1. The lowest BCUT2D eigenvalue weighted by Crippen LogP contribution is -2.49. The molecule has 3 rings (SSSR count). The smallest absolute Gasteiger partial charge is 0.446 e. The zero-order chi connectivity index (χ0) is 29.7. The number of hydrogen-bond acceptors (Lipinski definition) is 7. The van der Waals surface area contributed by atoms with Crippen molar-refractivity contribution in [1.29, 1.82) is 5.26 Å². The van der Waals surface area contributed by atoms with Crippen LogP contribution in [0.1, 0.15) is 85.1 Å². The van der Waals surface area contributed by atoms with Crippen molar-refractivity contribution >= 4 is 19.0 Å². The number of nitrogens with one attached hydrogen (secondary N) is 1. The van der Waals surface area contributed by atoms with Gasteiger partial charge in [-0.15, -0.1) is 0 Å². The third kappa shape index (κ3) is 8.51. The lowest BCUT2D eigenvalue weighted by molar-refractivity contribution is -0.133. The summed E-state index contributed by atoms with van der Waals surface area (Å²) in [6.45, 7) is 12.3. The van der Waals surface area contributed by atoms with Crippen molar-refractivity contribution in [2.45, 2.75) is 104 Å². The van der Waals surface area contributed by atoms with Crippen LogP contribution in [0.2, 0.25) is 0 Å². The van der Waals surface area contributed by atoms with Crippen LogP contribution < -0.4 is 5.32 Å². The quantitative estimate of drug-likeness (QED) is 0.344. The number of alkyl carbamates (subject to hydrolysis) is 1. The Hall–Kier alpha value is -2.48. The molecule has 1 amide bonds. The van der Waals surface area contributed by atoms with E-state index in [0.29, 0.717) is 38.5 Å². The summed E-state index contributed by atoms with van der Waals surface area (Å²) in [6.07, 6.45) is 3.11. The molecule has 1 saturated carbocycles. The van der Waals surface area contributed by atoms with Crippen LogP contribution in [0, 0.1) is 33.9 Å². The van der Waals surface area contributed by atoms with Crippen LogP contribution in [0.5, 0.6) is 0 Å². The van der Waals surface area contributed by atoms with E-state index in [1.54, 1.807) is 19.1 Å². The second-order valence-electron chi connectivity index (χ2n) is 13.4. The van der Waals surface area contributed by atoms with Gasteiger partial charge in [0, 0.05) is 18.0 Å². The molecular formula is C30H45BFN3O5. The SMILES string of the molecule is CC1(C)CCN(C(C)(C)CC(C)(C#N)C(=O)C2CCC[C@H](OC(=O)N[C@@H](CCc3ccc(F)cc3)B(O)O)C2)C1. The van der Waals surface area contributed by atoms with Gasteiger partial charge < -0.3 is 20.1 Å². The van der Waals surface area contributed by atoms with Gasteiger partial charge >= 0.3 is 13.2 Å². The summed E-state index contributed by atoms with van der Waals surface area (Å²) in [7, 11) is -1.80. The first kappa shape index (κ1) is 32.0. The summed E-state index contributed by atoms with van der Waals surface area (Å²) in [5, 5.41) is 32.2. The summed E-state index contributed by atoms with van der Waals surface area (Å²) in [4.78, 5) is 28.8. The number of carbonyl (C=O) groups excluding carboxylic acids is 2. The van der Waals surface area contributed by atoms with E-state index in [1.165, 1.54) is 12.1 Å². The highest BCUT2D eigenvalue weighted by atomic mass is 19.1. The van der Waals surface area contributed by atoms with E-state index in [2.05, 4.69) is 44.0 Å². The molecule has 0 radical (unpaired) electrons. The summed E-state index contributed by atoms with van der Waals surface area (Å²) < 4.78 is 18.7. The molecule has 0 aromatic heterocycles. The molecular weight excluding hydrogens is 512 g/mol. The van der Waals surface area contributed by atoms with Gasteiger partial charge in [-0.2, -0.15) is 5.26 Å². The van der Waals surface area contributed by atoms with Gasteiger partial charge in [0.1, 0.15) is 17.3 Å². The third-order valence-electron chi connectivity index (χ3n) is 8.70. The molecule has 4 atom stereocenters. The summed E-state index contributed by atoms with van der Waals surface area (Å²) in [5.41, 5.74) is -0.456. The van der Waals surface area contributed by atoms with Crippen molar-refractivity contribution in [2.24, 2.45) is 16.7 Å². The third-order valence-corrected chi connectivity index (χ3v) is 8.70. The van der Waals surface area contributed by atoms with Gasteiger partial charge in [-0.3, -0.25) is 9.69 Å². The summed E-state index contributed by atoms with van der Waals surface area (Å²) in [6, 6.07) is 8.20. The van der Waals surface area contributed by atoms with Crippen LogP contribution in [-0.4, -0.2) is 64.6 Å². The first-order chi connectivity index (χ1) is 18.6. The Bertz CT molecular complexity index is 1070. The second-order valence-corrected chi connectivity index (χ2v) is 13.4. The van der Waals surface area contributed by atoms with Crippen molar-refractivity contribution in [3.05, 3.63) is 35.6 Å². The van der Waals surface area contributed by atoms with Crippen LogP contribution in [0.3, 0.4) is 0 Å². The van der Waals surface area contributed by atoms with Crippen LogP contribution in [0.4, 0.5) is 9.18 Å². The number of benzene rings is 1. The molecule has 10 heteroatoms. The number of Topliss-reactive ketones (excluding diaryl/α,β-unsaturated/α-hetero) is 1. The van der Waals surface area contributed by atoms with E-state index in [-0.39, 0.29) is 34.9 Å². The maximum absolute atomic E-state index is 13.7. The molecule has 1 aromatic rings. The van der Waals surface area contributed by atoms with E-state index < -0.39 is 30.7 Å². The maximum atomic E-state index is 13.7. The first-order valence-electron chi connectivity index (χ1n) is 14.4. The van der Waals surface area contributed by atoms with Crippen LogP contribution >= 0.6 is 0 Å². The average Bonchev–Trinajstić information content (AvgIpc) is 3.27. The van der Waals surface area contributed by atoms with Gasteiger partial charge in [-0.25, -0.2) is 9.18 Å². The van der Waals surface area contributed by atoms with Gasteiger partial charge in [-0.1, -0.05) is 26.0 Å². The number of rotatable bonds is 11. The lowest BCUT2D eigenvalue weighted by atomic mass is 9.69. The van der Waals surface area contributed by atoms with Gasteiger partial charge in [0.2, 0.25) is 0 Å². The Balaban J connectivity index is 1.56. The summed E-state index contributed by atoms with van der Waals surface area (Å²) >= 11 is 0. The van der Waals surface area contributed by atoms with Crippen molar-refractivity contribution in [2.75, 3.05) is 13.1 Å². The predicted molar refractivity (Wildman–Crippen MR) is 151 cm³/mol. The number of nitriles is 1. The van der Waals surface area contributed by atoms with Gasteiger partial charge in [0.25, 0.3) is 0 Å². The number of ether oxygens (including phenoxy) is 1. The van der Waals surface area contributed by atoms with Crippen molar-refractivity contribution < 1.29 is 28.8 Å². The monoisotopic (exact) mass is 557 g/mol. The molecule has 0 bridgehead atoms. The first-order valence-corrected chi connectivity index (χ1v) is 14.4. The molecule has 3 N–H and O–H groups in total. The van der Waals surface area contributed by atoms with E-state index in [0.717, 1.165) is 25.1 Å². The van der Waals surface area contributed by atoms with Gasteiger partial charge in [-0.05, 0) is 102 Å². The number of halogens is 1. The highest BCUT2D eigenvalue weighted by Gasteiger charge is 2.47. The van der Waals surface area contributed by atoms with Crippen molar-refractivity contribution in [1.82, 2.24) is 10.2 Å². The van der Waals surface area contributed by atoms with E-state index in [9.17, 15) is 29.3 Å². The van der Waals surface area contributed by atoms with Gasteiger partial charge in [0.15, 0.2) is 5.78 Å². The topological polar surface area (TPSA) is 123 Å². The molecule has 1 aliphatic heterocycles. The minimum atomic E-state index is -1.80. The fourth-order valence-electron chi connectivity index (χ4n) is 6.33. The van der Waals surface area contributed by atoms with Crippen molar-refractivity contribution in [3.8, 4) is 6.07 Å². The Kier molecular flexibility index (Phi) is 10.4. The number of carbonyl (C=O) groups is 2. The number of aryl methyl sites for hydroxylation is 1. The molecule has 1 heterocycles. The standard InChI is InChI=1S/C30H45BFN3O5/c1-28(2)15-16-35(20-28)29(3,4)18-30(5,19-33)26(36)22-7-6-8-24(17-22)40-27(37)34-25(31(38)39)14-11-21-9-12-23(32)13-10-21/h9-10,12-13,22,24-25,38-39H,6-8,11,14-18,20H2,1-5H3,(H,34,37)/t22?,24-,25-,30?/m0/s1. The number of nitrogens with zero attached hydrogens (tertiary/aromatic N) is 2. The number of likely N-dealkylation sites (tertiary alicyclic amines) is 1. The Morgan fingerprint density at radius 1 is 1.25 bits per heavy atom. The average molecular weight is 558 g/mol. The largest absolute Gasteiger partial charge is 0.475 e. The Labute approximate surface area is 238 Å².